The molecule has 0 radical (unpaired) electrons. The highest BCUT2D eigenvalue weighted by atomic mass is 32.1. The van der Waals surface area contributed by atoms with Crippen molar-refractivity contribution >= 4 is 90.4 Å². The number of methoxy groups -OCH3 is 2. The molecule has 0 aliphatic carbocycles. The normalized spacial score (nSPS) is 12.3. The summed E-state index contributed by atoms with van der Waals surface area (Å²) in [7, 11) is 3.13. The first-order valence-electron chi connectivity index (χ1n) is 18.9. The molecule has 0 aliphatic rings. The number of ether oxygens (including phenoxy) is 4. The number of benzene rings is 3. The molecule has 0 spiro atoms. The van der Waals surface area contributed by atoms with E-state index in [9.17, 15) is 19.2 Å². The Balaban J connectivity index is 1.53. The number of thiophene rings is 2. The molecule has 7 rings (SSSR count). The van der Waals surface area contributed by atoms with Gasteiger partial charge in [-0.2, -0.15) is 0 Å². The third kappa shape index (κ3) is 7.29. The largest absolute Gasteiger partial charge is 0.501 e. The van der Waals surface area contributed by atoms with Gasteiger partial charge in [0.15, 0.2) is 0 Å². The molecule has 0 saturated carbocycles. The van der Waals surface area contributed by atoms with Gasteiger partial charge in [0, 0.05) is 44.1 Å². The van der Waals surface area contributed by atoms with E-state index in [1.807, 2.05) is 47.3 Å². The second-order valence-corrected chi connectivity index (χ2v) is 15.4. The van der Waals surface area contributed by atoms with Gasteiger partial charge in [-0.3, -0.25) is 9.59 Å². The maximum Gasteiger partial charge on any atom is 0.349 e. The maximum atomic E-state index is 13.8. The zero-order valence-corrected chi connectivity index (χ0v) is 35.0. The summed E-state index contributed by atoms with van der Waals surface area (Å²) in [6.07, 6.45) is 2.71. The average Bonchev–Trinajstić information content (AvgIpc) is 3.99. The summed E-state index contributed by atoms with van der Waals surface area (Å²) in [5.41, 5.74) is 15.2. The topological polar surface area (TPSA) is 193 Å². The van der Waals surface area contributed by atoms with Crippen LogP contribution < -0.4 is 26.0 Å². The first kappa shape index (κ1) is 40.7. The summed E-state index contributed by atoms with van der Waals surface area (Å²) in [5, 5.41) is 1.37. The van der Waals surface area contributed by atoms with Gasteiger partial charge in [0.1, 0.15) is 32.9 Å². The second-order valence-electron chi connectivity index (χ2n) is 13.3. The van der Waals surface area contributed by atoms with Crippen LogP contribution in [0, 0.1) is 0 Å². The van der Waals surface area contributed by atoms with Crippen LogP contribution in [0.1, 0.15) is 74.2 Å². The molecule has 0 fully saturated rings. The predicted molar refractivity (Wildman–Crippen MR) is 229 cm³/mol. The highest BCUT2D eigenvalue weighted by Crippen LogP contribution is 2.44. The number of carbonyl (C=O) groups excluding carboxylic acids is 4. The van der Waals surface area contributed by atoms with Gasteiger partial charge < -0.3 is 39.5 Å². The number of amides is 2. The summed E-state index contributed by atoms with van der Waals surface area (Å²) < 4.78 is 28.3. The molecule has 2 amide bonds. The summed E-state index contributed by atoms with van der Waals surface area (Å²) in [6, 6.07) is 15.6. The van der Waals surface area contributed by atoms with Gasteiger partial charge in [0.2, 0.25) is 11.8 Å². The zero-order chi connectivity index (χ0) is 42.1. The molecule has 0 aliphatic heterocycles. The smallest absolute Gasteiger partial charge is 0.349 e. The minimum Gasteiger partial charge on any atom is -0.501 e. The summed E-state index contributed by atoms with van der Waals surface area (Å²) in [4.78, 5) is 63.0. The van der Waals surface area contributed by atoms with Gasteiger partial charge in [-0.1, -0.05) is 19.1 Å². The molecule has 4 heterocycles. The minimum atomic E-state index is -0.616. The van der Waals surface area contributed by atoms with Crippen molar-refractivity contribution in [3.8, 4) is 28.5 Å². The van der Waals surface area contributed by atoms with Crippen molar-refractivity contribution in [1.29, 1.82) is 0 Å². The van der Waals surface area contributed by atoms with Gasteiger partial charge in [-0.15, -0.1) is 22.7 Å². The molecule has 7 aromatic rings. The maximum absolute atomic E-state index is 13.8. The number of aromatic nitrogens is 4. The molecule has 0 saturated heterocycles. The Bertz CT molecular complexity index is 2960. The highest BCUT2D eigenvalue weighted by Gasteiger charge is 2.30. The van der Waals surface area contributed by atoms with Gasteiger partial charge in [-0.05, 0) is 75.7 Å². The zero-order valence-electron chi connectivity index (χ0n) is 33.3. The van der Waals surface area contributed by atoms with E-state index in [2.05, 4.69) is 0 Å². The Labute approximate surface area is 346 Å². The second kappa shape index (κ2) is 16.8. The van der Waals surface area contributed by atoms with E-state index in [0.717, 1.165) is 9.23 Å². The van der Waals surface area contributed by atoms with Crippen molar-refractivity contribution in [2.24, 2.45) is 11.5 Å². The van der Waals surface area contributed by atoms with Crippen molar-refractivity contribution in [3.05, 3.63) is 85.2 Å². The molecule has 3 aromatic carbocycles. The first-order chi connectivity index (χ1) is 28.4. The lowest BCUT2D eigenvalue weighted by atomic mass is 10.1. The number of fused-ring (bicyclic) bond motifs is 3. The van der Waals surface area contributed by atoms with Crippen LogP contribution in [-0.4, -0.2) is 70.3 Å². The molecular formula is C43H42N6O8S2. The van der Waals surface area contributed by atoms with Crippen molar-refractivity contribution in [2.75, 3.05) is 27.4 Å². The number of imidazole rings is 2. The Morgan fingerprint density at radius 1 is 0.746 bits per heavy atom. The monoisotopic (exact) mass is 834 g/mol. The van der Waals surface area contributed by atoms with E-state index in [0.29, 0.717) is 83.1 Å². The molecule has 4 N–H and O–H groups in total. The van der Waals surface area contributed by atoms with E-state index < -0.39 is 23.8 Å². The Morgan fingerprint density at radius 3 is 1.78 bits per heavy atom. The Morgan fingerprint density at radius 2 is 1.29 bits per heavy atom. The van der Waals surface area contributed by atoms with Crippen LogP contribution >= 0.6 is 22.7 Å². The van der Waals surface area contributed by atoms with Crippen LogP contribution in [0.15, 0.2) is 54.6 Å². The number of hydrogen-bond acceptors (Lipinski definition) is 12. The molecule has 0 bridgehead atoms. The third-order valence-corrected chi connectivity index (χ3v) is 12.2. The number of aryl methyl sites for hydroxylation is 2. The number of rotatable bonds is 14. The quantitative estimate of drug-likeness (QED) is 0.119. The molecule has 59 heavy (non-hydrogen) atoms. The minimum absolute atomic E-state index is 0.159. The fraction of sp³-hybridized carbons (Fsp3) is 0.256. The van der Waals surface area contributed by atoms with Gasteiger partial charge in [0.25, 0.3) is 0 Å². The lowest BCUT2D eigenvalue weighted by Gasteiger charge is -2.15. The lowest BCUT2D eigenvalue weighted by molar-refractivity contribution is 0.0523. The van der Waals surface area contributed by atoms with Gasteiger partial charge >= 0.3 is 11.9 Å². The van der Waals surface area contributed by atoms with Crippen molar-refractivity contribution in [3.63, 3.8) is 0 Å². The van der Waals surface area contributed by atoms with Crippen LogP contribution in [-0.2, 0) is 27.3 Å². The number of nitrogens with two attached hydrogens (primary N) is 2. The van der Waals surface area contributed by atoms with E-state index in [4.69, 9.17) is 40.4 Å². The van der Waals surface area contributed by atoms with Gasteiger partial charge in [-0.25, -0.2) is 19.6 Å². The lowest BCUT2D eigenvalue weighted by Crippen LogP contribution is -2.25. The fourth-order valence-electron chi connectivity index (χ4n) is 7.22. The van der Waals surface area contributed by atoms with Crippen molar-refractivity contribution < 1.29 is 38.1 Å². The van der Waals surface area contributed by atoms with Crippen LogP contribution in [0.25, 0.3) is 66.8 Å². The predicted octanol–water partition coefficient (Wildman–Crippen LogP) is 6.22. The van der Waals surface area contributed by atoms with Gasteiger partial charge in [0.05, 0.1) is 60.6 Å². The van der Waals surface area contributed by atoms with Crippen LogP contribution in [0.3, 0.4) is 0 Å². The number of hydrogen-bond donors (Lipinski definition) is 2. The molecule has 0 atom stereocenters. The third-order valence-electron chi connectivity index (χ3n) is 9.86. The molecule has 14 nitrogen and oxygen atoms in total. The molecule has 304 valence electrons. The summed E-state index contributed by atoms with van der Waals surface area (Å²) in [6.45, 7) is 8.12. The molecule has 16 heteroatoms. The van der Waals surface area contributed by atoms with E-state index >= 15 is 0 Å². The van der Waals surface area contributed by atoms with Crippen LogP contribution in [0.4, 0.5) is 0 Å². The van der Waals surface area contributed by atoms with Crippen LogP contribution in [0.2, 0.25) is 0 Å². The Kier molecular flexibility index (Phi) is 11.6. The van der Waals surface area contributed by atoms with Crippen molar-refractivity contribution in [2.45, 2.75) is 47.2 Å². The average molecular weight is 835 g/mol. The van der Waals surface area contributed by atoms with Crippen molar-refractivity contribution in [1.82, 2.24) is 19.1 Å². The first-order valence-corrected chi connectivity index (χ1v) is 20.5. The highest BCUT2D eigenvalue weighted by molar-refractivity contribution is 7.21. The molecule has 4 aromatic heterocycles. The van der Waals surface area contributed by atoms with E-state index in [-0.39, 0.29) is 37.4 Å². The number of esters is 2. The van der Waals surface area contributed by atoms with E-state index in [1.54, 1.807) is 64.5 Å². The van der Waals surface area contributed by atoms with E-state index in [1.165, 1.54) is 22.7 Å². The molecule has 0 unspecified atom stereocenters. The number of nitrogens with zero attached hydrogens (tertiary/aromatic N) is 4. The Hall–Kier alpha value is -6.52. The number of carbonyl (C=O) groups is 4. The fourth-order valence-corrected chi connectivity index (χ4v) is 9.59. The summed E-state index contributed by atoms with van der Waals surface area (Å²) >= 11 is 2.56. The van der Waals surface area contributed by atoms with Crippen LogP contribution in [0.5, 0.6) is 5.75 Å². The SMILES string of the molecule is CC/C=c1/sc(C(=O)OCC)c(-c2nc3cc(C(N)=O)ccc3n2CCn2c(-c3c(C(=O)OCC)sc4cccc(OC)c34)nc3cc(C(N)=O)ccc32)/c1=C(/C)OC. The standard InChI is InChI=1S/C43H42N6O8S2/c1-7-11-30-32(22(4)54-5)34(36(58-30)42(52)56-8-2)40-46-25-20-23(38(44)50)14-16-27(25)48(40)18-19-49-28-17-15-24(39(45)51)21-26(28)47-41(49)35-33-29(55-6)12-10-13-31(33)59-37(35)43(53)57-9-3/h10-17,20-21H,7-9,18-19H2,1-6H3,(H2,44,50)(H2,45,51)/b30-11+,32-22-. The summed E-state index contributed by atoms with van der Waals surface area (Å²) in [5.74, 6) is -0.297. The molecular weight excluding hydrogens is 793 g/mol. The number of primary amides is 2.